The number of hydrogen-bond acceptors (Lipinski definition) is 3. The minimum atomic E-state index is -0.961. The molecule has 3 aromatic carbocycles. The first-order chi connectivity index (χ1) is 19.3. The summed E-state index contributed by atoms with van der Waals surface area (Å²) in [5.74, 6) is -1.17. The Morgan fingerprint density at radius 3 is 2.12 bits per heavy atom. The standard InChI is InChI=1S/C33H37ClN2O4/c1-22(24-15-17-29(34)18-16-24)36-33(40)30(27-13-11-26(12-14-27)25-5-3-2-4-6-25)21-23-7-9-28(10-8-23)32(39)35-20-19-31(37)38/h7-18,22,25,30H,2-6,19-21H2,1H3,(H,35,39)(H,36,40)(H,37,38)/t22-,30?/m0/s1. The van der Waals surface area contributed by atoms with Crippen LogP contribution in [-0.2, 0) is 16.0 Å². The van der Waals surface area contributed by atoms with Gasteiger partial charge in [0.25, 0.3) is 5.91 Å². The Morgan fingerprint density at radius 1 is 0.875 bits per heavy atom. The van der Waals surface area contributed by atoms with Crippen molar-refractivity contribution in [1.29, 1.82) is 0 Å². The second-order valence-electron chi connectivity index (χ2n) is 10.6. The van der Waals surface area contributed by atoms with Crippen LogP contribution in [0.3, 0.4) is 0 Å². The molecule has 4 rings (SSSR count). The van der Waals surface area contributed by atoms with E-state index in [2.05, 4.69) is 34.9 Å². The van der Waals surface area contributed by atoms with Crippen molar-refractivity contribution in [3.05, 3.63) is 106 Å². The van der Waals surface area contributed by atoms with Crippen molar-refractivity contribution >= 4 is 29.4 Å². The lowest BCUT2D eigenvalue weighted by molar-refractivity contribution is -0.136. The molecule has 1 unspecified atom stereocenters. The van der Waals surface area contributed by atoms with Gasteiger partial charge in [0.1, 0.15) is 0 Å². The fourth-order valence-corrected chi connectivity index (χ4v) is 5.49. The highest BCUT2D eigenvalue weighted by Gasteiger charge is 2.24. The molecule has 1 saturated carbocycles. The maximum absolute atomic E-state index is 13.7. The number of carbonyl (C=O) groups excluding carboxylic acids is 2. The van der Waals surface area contributed by atoms with Crippen LogP contribution in [-0.4, -0.2) is 29.4 Å². The SMILES string of the molecule is C[C@H](NC(=O)C(Cc1ccc(C(=O)NCCC(=O)O)cc1)c1ccc(C2CCCCC2)cc1)c1ccc(Cl)cc1. The third kappa shape index (κ3) is 8.18. The van der Waals surface area contributed by atoms with Gasteiger partial charge in [-0.25, -0.2) is 0 Å². The van der Waals surface area contributed by atoms with E-state index < -0.39 is 11.9 Å². The Hall–Kier alpha value is -3.64. The Labute approximate surface area is 241 Å². The summed E-state index contributed by atoms with van der Waals surface area (Å²) in [6, 6.07) is 23.0. The third-order valence-corrected chi connectivity index (χ3v) is 7.99. The summed E-state index contributed by atoms with van der Waals surface area (Å²) >= 11 is 6.04. The number of aliphatic carboxylic acids is 1. The average molecular weight is 561 g/mol. The van der Waals surface area contributed by atoms with Crippen molar-refractivity contribution in [1.82, 2.24) is 10.6 Å². The molecule has 7 heteroatoms. The van der Waals surface area contributed by atoms with E-state index in [1.807, 2.05) is 43.3 Å². The smallest absolute Gasteiger partial charge is 0.305 e. The van der Waals surface area contributed by atoms with Crippen LogP contribution >= 0.6 is 11.6 Å². The summed E-state index contributed by atoms with van der Waals surface area (Å²) in [5.41, 5.74) is 4.65. The van der Waals surface area contributed by atoms with Gasteiger partial charge in [-0.2, -0.15) is 0 Å². The number of benzene rings is 3. The largest absolute Gasteiger partial charge is 0.481 e. The van der Waals surface area contributed by atoms with Crippen molar-refractivity contribution in [2.75, 3.05) is 6.54 Å². The predicted molar refractivity (Wildman–Crippen MR) is 158 cm³/mol. The van der Waals surface area contributed by atoms with E-state index in [1.54, 1.807) is 12.1 Å². The molecular weight excluding hydrogens is 524 g/mol. The number of hydrogen-bond donors (Lipinski definition) is 3. The Morgan fingerprint density at radius 2 is 1.50 bits per heavy atom. The van der Waals surface area contributed by atoms with Crippen LogP contribution in [0.15, 0.2) is 72.8 Å². The molecule has 1 aliphatic rings. The molecule has 6 nitrogen and oxygen atoms in total. The summed E-state index contributed by atoms with van der Waals surface area (Å²) in [7, 11) is 0. The number of carboxylic acid groups (broad SMARTS) is 1. The molecule has 210 valence electrons. The number of carbonyl (C=O) groups is 3. The van der Waals surface area contributed by atoms with Crippen LogP contribution in [0, 0.1) is 0 Å². The van der Waals surface area contributed by atoms with E-state index >= 15 is 0 Å². The van der Waals surface area contributed by atoms with Gasteiger partial charge in [-0.3, -0.25) is 14.4 Å². The highest BCUT2D eigenvalue weighted by Crippen LogP contribution is 2.33. The molecule has 0 spiro atoms. The van der Waals surface area contributed by atoms with E-state index in [0.29, 0.717) is 22.9 Å². The molecule has 2 amide bonds. The zero-order valence-electron chi connectivity index (χ0n) is 22.9. The third-order valence-electron chi connectivity index (χ3n) is 7.74. The lowest BCUT2D eigenvalue weighted by Gasteiger charge is -2.24. The minimum absolute atomic E-state index is 0.0663. The molecule has 0 aliphatic heterocycles. The fraction of sp³-hybridized carbons (Fsp3) is 0.364. The quantitative estimate of drug-likeness (QED) is 0.240. The number of carboxylic acids is 1. The van der Waals surface area contributed by atoms with Crippen LogP contribution in [0.2, 0.25) is 5.02 Å². The van der Waals surface area contributed by atoms with Gasteiger partial charge in [-0.1, -0.05) is 79.4 Å². The average Bonchev–Trinajstić information content (AvgIpc) is 2.97. The Balaban J connectivity index is 1.51. The first-order valence-electron chi connectivity index (χ1n) is 14.0. The monoisotopic (exact) mass is 560 g/mol. The van der Waals surface area contributed by atoms with Crippen LogP contribution in [0.5, 0.6) is 0 Å². The second-order valence-corrected chi connectivity index (χ2v) is 11.1. The van der Waals surface area contributed by atoms with Gasteiger partial charge in [0.15, 0.2) is 0 Å². The summed E-state index contributed by atoms with van der Waals surface area (Å²) in [6.45, 7) is 2.03. The zero-order valence-corrected chi connectivity index (χ0v) is 23.6. The van der Waals surface area contributed by atoms with Gasteiger partial charge < -0.3 is 15.7 Å². The van der Waals surface area contributed by atoms with E-state index in [9.17, 15) is 14.4 Å². The van der Waals surface area contributed by atoms with Gasteiger partial charge in [-0.05, 0) is 78.6 Å². The topological polar surface area (TPSA) is 95.5 Å². The highest BCUT2D eigenvalue weighted by atomic mass is 35.5. The van der Waals surface area contributed by atoms with Crippen molar-refractivity contribution in [3.63, 3.8) is 0 Å². The van der Waals surface area contributed by atoms with Crippen molar-refractivity contribution in [2.45, 2.75) is 69.7 Å². The van der Waals surface area contributed by atoms with Crippen LogP contribution in [0.1, 0.15) is 95.9 Å². The summed E-state index contributed by atoms with van der Waals surface area (Å²) in [5, 5.41) is 15.2. The van der Waals surface area contributed by atoms with Gasteiger partial charge in [-0.15, -0.1) is 0 Å². The molecular formula is C33H37ClN2O4. The lowest BCUT2D eigenvalue weighted by atomic mass is 9.83. The molecule has 0 heterocycles. The number of nitrogens with one attached hydrogen (secondary N) is 2. The molecule has 40 heavy (non-hydrogen) atoms. The first kappa shape index (κ1) is 29.3. The second kappa shape index (κ2) is 14.1. The highest BCUT2D eigenvalue weighted by molar-refractivity contribution is 6.30. The van der Waals surface area contributed by atoms with Crippen LogP contribution < -0.4 is 10.6 Å². The lowest BCUT2D eigenvalue weighted by Crippen LogP contribution is -2.32. The molecule has 1 aliphatic carbocycles. The zero-order chi connectivity index (χ0) is 28.5. The number of rotatable bonds is 11. The van der Waals surface area contributed by atoms with Crippen LogP contribution in [0.4, 0.5) is 0 Å². The van der Waals surface area contributed by atoms with Gasteiger partial charge >= 0.3 is 5.97 Å². The molecule has 0 saturated heterocycles. The normalized spacial score (nSPS) is 15.2. The summed E-state index contributed by atoms with van der Waals surface area (Å²) in [4.78, 5) is 36.7. The summed E-state index contributed by atoms with van der Waals surface area (Å²) < 4.78 is 0. The molecule has 0 aromatic heterocycles. The van der Waals surface area contributed by atoms with Gasteiger partial charge in [0, 0.05) is 17.1 Å². The molecule has 0 bridgehead atoms. The van der Waals surface area contributed by atoms with Gasteiger partial charge in [0.05, 0.1) is 18.4 Å². The molecule has 0 radical (unpaired) electrons. The van der Waals surface area contributed by atoms with E-state index in [1.165, 1.54) is 37.7 Å². The van der Waals surface area contributed by atoms with Gasteiger partial charge in [0.2, 0.25) is 5.91 Å². The maximum Gasteiger partial charge on any atom is 0.305 e. The Bertz CT molecular complexity index is 1280. The first-order valence-corrected chi connectivity index (χ1v) is 14.4. The van der Waals surface area contributed by atoms with E-state index in [4.69, 9.17) is 16.7 Å². The molecule has 3 N–H and O–H groups in total. The molecule has 1 fully saturated rings. The minimum Gasteiger partial charge on any atom is -0.481 e. The number of amides is 2. The van der Waals surface area contributed by atoms with Crippen LogP contribution in [0.25, 0.3) is 0 Å². The molecule has 3 aromatic rings. The summed E-state index contributed by atoms with van der Waals surface area (Å²) in [6.07, 6.45) is 6.64. The van der Waals surface area contributed by atoms with Crippen molar-refractivity contribution in [2.24, 2.45) is 0 Å². The van der Waals surface area contributed by atoms with Crippen molar-refractivity contribution < 1.29 is 19.5 Å². The predicted octanol–water partition coefficient (Wildman–Crippen LogP) is 6.80. The number of halogens is 1. The Kier molecular flexibility index (Phi) is 10.4. The van der Waals surface area contributed by atoms with E-state index in [0.717, 1.165) is 16.7 Å². The van der Waals surface area contributed by atoms with E-state index in [-0.39, 0.29) is 30.8 Å². The fourth-order valence-electron chi connectivity index (χ4n) is 5.36. The van der Waals surface area contributed by atoms with Crippen molar-refractivity contribution in [3.8, 4) is 0 Å². The maximum atomic E-state index is 13.7. The molecule has 2 atom stereocenters.